The molecule has 57 heavy (non-hydrogen) atoms. The van der Waals surface area contributed by atoms with Crippen molar-refractivity contribution in [1.82, 2.24) is 4.90 Å². The van der Waals surface area contributed by atoms with Crippen LogP contribution >= 0.6 is 6.89 Å². The van der Waals surface area contributed by atoms with E-state index in [4.69, 9.17) is 8.85 Å². The molecule has 4 aromatic carbocycles. The number of hydrogen-bond acceptors (Lipinski definition) is 5. The molecule has 4 aromatic rings. The molecular formula is C47H62NO6PSi2. The molecule has 0 aromatic heterocycles. The molecule has 1 saturated heterocycles. The van der Waals surface area contributed by atoms with Gasteiger partial charge in [-0.2, -0.15) is 0 Å². The number of nitrogens with zero attached hydrogens (tertiary/aromatic N) is 1. The van der Waals surface area contributed by atoms with Gasteiger partial charge < -0.3 is 18.9 Å². The lowest BCUT2D eigenvalue weighted by Crippen LogP contribution is -2.69. The highest BCUT2D eigenvalue weighted by Crippen LogP contribution is 2.50. The van der Waals surface area contributed by atoms with E-state index in [9.17, 15) is 19.5 Å². The molecule has 0 bridgehead atoms. The van der Waals surface area contributed by atoms with Gasteiger partial charge in [-0.25, -0.2) is 4.79 Å². The lowest BCUT2D eigenvalue weighted by atomic mass is 9.79. The first-order chi connectivity index (χ1) is 26.6. The minimum atomic E-state index is -3.23. The van der Waals surface area contributed by atoms with Crippen molar-refractivity contribution >= 4 is 62.5 Å². The third-order valence-corrected chi connectivity index (χ3v) is 25.9. The maximum absolute atomic E-state index is 14.9. The summed E-state index contributed by atoms with van der Waals surface area (Å²) >= 11 is 0. The summed E-state index contributed by atoms with van der Waals surface area (Å²) in [6.45, 7) is 21.2. The van der Waals surface area contributed by atoms with Gasteiger partial charge in [0, 0.05) is 25.5 Å². The van der Waals surface area contributed by atoms with Crippen LogP contribution in [0.15, 0.2) is 115 Å². The van der Waals surface area contributed by atoms with Gasteiger partial charge >= 0.3 is 5.97 Å². The number of aliphatic carboxylic acids is 1. The van der Waals surface area contributed by atoms with Gasteiger partial charge in [0.25, 0.3) is 0 Å². The number of Topliss-reactive ketones (excluding diaryl/α,β-unsaturated/α-hetero) is 1. The van der Waals surface area contributed by atoms with Gasteiger partial charge in [-0.15, -0.1) is 0 Å². The van der Waals surface area contributed by atoms with E-state index in [1.54, 1.807) is 0 Å². The third-order valence-electron chi connectivity index (χ3n) is 12.6. The Bertz CT molecular complexity index is 1990. The van der Waals surface area contributed by atoms with Crippen LogP contribution in [0.3, 0.4) is 0 Å². The molecular weight excluding hydrogens is 762 g/mol. The SMILES string of the molecule is C[C@@H](O[Si](C)(C)C(C)(C)C)[C@H]1C(=O)N(C(C(=O)O)=P(c2ccccc2)(c2ccccc2)c2ccccc2)[C@@H]1CC(=O)c1ccc(CCO[Si](C)(C)C(C)(C)C)cc1. The summed E-state index contributed by atoms with van der Waals surface area (Å²) in [6, 6.07) is 35.8. The molecule has 1 aliphatic heterocycles. The number of benzene rings is 4. The molecule has 7 nitrogen and oxygen atoms in total. The molecule has 1 N–H and O–H groups in total. The molecule has 1 aliphatic rings. The number of β-lactam (4-membered cyclic amide) rings is 1. The summed E-state index contributed by atoms with van der Waals surface area (Å²) in [7, 11) is -4.25. The zero-order chi connectivity index (χ0) is 42.0. The summed E-state index contributed by atoms with van der Waals surface area (Å²) in [4.78, 5) is 44.9. The first kappa shape index (κ1) is 44.3. The highest BCUT2D eigenvalue weighted by atomic mass is 31.2. The Morgan fingerprint density at radius 1 is 0.719 bits per heavy atom. The Hall–Kier alpha value is -3.86. The predicted octanol–water partition coefficient (Wildman–Crippen LogP) is 9.27. The minimum absolute atomic E-state index is 0.00163. The summed E-state index contributed by atoms with van der Waals surface area (Å²) in [5.41, 5.74) is 1.60. The molecule has 1 amide bonds. The van der Waals surface area contributed by atoms with Crippen LogP contribution in [-0.4, -0.2) is 68.5 Å². The zero-order valence-electron chi connectivity index (χ0n) is 35.7. The summed E-state index contributed by atoms with van der Waals surface area (Å²) in [6.07, 6.45) is 0.144. The second-order valence-electron chi connectivity index (χ2n) is 18.4. The van der Waals surface area contributed by atoms with E-state index in [1.165, 1.54) is 4.90 Å². The fourth-order valence-corrected chi connectivity index (χ4v) is 14.1. The van der Waals surface area contributed by atoms with Crippen molar-refractivity contribution in [2.45, 2.75) is 110 Å². The number of carbonyl (C=O) groups excluding carboxylic acids is 2. The summed E-state index contributed by atoms with van der Waals surface area (Å²) in [5.74, 6) is -2.39. The summed E-state index contributed by atoms with van der Waals surface area (Å²) < 4.78 is 13.2. The third kappa shape index (κ3) is 9.08. The van der Waals surface area contributed by atoms with Gasteiger partial charge in [-0.3, -0.25) is 9.59 Å². The molecule has 3 atom stereocenters. The number of carbonyl (C=O) groups is 3. The molecule has 304 valence electrons. The van der Waals surface area contributed by atoms with E-state index >= 15 is 0 Å². The first-order valence-corrected chi connectivity index (χ1v) is 27.7. The highest BCUT2D eigenvalue weighted by Gasteiger charge is 2.57. The number of amides is 1. The van der Waals surface area contributed by atoms with Crippen LogP contribution in [0.4, 0.5) is 0 Å². The standard InChI is InChI=1S/C47H62NO6PSi2/c1-34(54-57(10,11)47(5,6)7)42-40(33-41(49)36-29-27-35(28-30-36)31-32-53-56(8,9)46(2,3)4)48(43(42)50)44(45(51)52)55(37-21-15-12-16-22-37,38-23-17-13-18-24-38)39-25-19-14-20-26-39/h12-30,34,40,42H,31-33H2,1-11H3,(H,51,52)/t34-,40-,42-/m1/s1. The van der Waals surface area contributed by atoms with Crippen molar-refractivity contribution in [3.05, 3.63) is 126 Å². The van der Waals surface area contributed by atoms with E-state index in [0.29, 0.717) is 12.2 Å². The van der Waals surface area contributed by atoms with Crippen LogP contribution in [0.1, 0.15) is 70.8 Å². The van der Waals surface area contributed by atoms with Crippen molar-refractivity contribution in [3.8, 4) is 0 Å². The number of hydrogen-bond donors (Lipinski definition) is 1. The molecule has 0 unspecified atom stereocenters. The van der Waals surface area contributed by atoms with Gasteiger partial charge in [0.15, 0.2) is 22.4 Å². The highest BCUT2D eigenvalue weighted by molar-refractivity contribution is 7.96. The smallest absolute Gasteiger partial charge is 0.353 e. The Balaban J connectivity index is 1.63. The second-order valence-corrected chi connectivity index (χ2v) is 31.3. The van der Waals surface area contributed by atoms with E-state index in [2.05, 4.69) is 67.7 Å². The Labute approximate surface area is 343 Å². The lowest BCUT2D eigenvalue weighted by molar-refractivity contribution is -0.155. The maximum Gasteiger partial charge on any atom is 0.353 e. The molecule has 0 saturated carbocycles. The normalized spacial score (nSPS) is 17.2. The van der Waals surface area contributed by atoms with Crippen molar-refractivity contribution in [2.75, 3.05) is 6.61 Å². The number of carboxylic acid groups (broad SMARTS) is 1. The Morgan fingerprint density at radius 2 is 1.16 bits per heavy atom. The zero-order valence-corrected chi connectivity index (χ0v) is 38.6. The second kappa shape index (κ2) is 17.2. The fourth-order valence-electron chi connectivity index (χ4n) is 7.26. The summed E-state index contributed by atoms with van der Waals surface area (Å²) in [5, 5.41) is 13.9. The van der Waals surface area contributed by atoms with E-state index in [1.807, 2.05) is 122 Å². The number of ketones is 1. The topological polar surface area (TPSA) is 93.1 Å². The van der Waals surface area contributed by atoms with Crippen LogP contribution < -0.4 is 15.9 Å². The number of likely N-dealkylation sites (tertiary alicyclic amines) is 1. The number of rotatable bonds is 15. The van der Waals surface area contributed by atoms with Crippen LogP contribution in [0, 0.1) is 5.92 Å². The molecule has 0 spiro atoms. The van der Waals surface area contributed by atoms with Crippen LogP contribution in [0.2, 0.25) is 36.3 Å². The Kier molecular flexibility index (Phi) is 13.3. The van der Waals surface area contributed by atoms with Crippen LogP contribution in [0.25, 0.3) is 0 Å². The largest absolute Gasteiger partial charge is 0.477 e. The average Bonchev–Trinajstić information content (AvgIpc) is 3.14. The Morgan fingerprint density at radius 3 is 1.56 bits per heavy atom. The maximum atomic E-state index is 14.9. The first-order valence-electron chi connectivity index (χ1n) is 20.1. The molecule has 0 radical (unpaired) electrons. The fraction of sp³-hybridized carbons (Fsp3) is 0.404. The van der Waals surface area contributed by atoms with Crippen molar-refractivity contribution < 1.29 is 28.3 Å². The van der Waals surface area contributed by atoms with Crippen LogP contribution in [0.5, 0.6) is 0 Å². The van der Waals surface area contributed by atoms with Crippen molar-refractivity contribution in [2.24, 2.45) is 5.92 Å². The van der Waals surface area contributed by atoms with E-state index < -0.39 is 47.6 Å². The monoisotopic (exact) mass is 823 g/mol. The molecule has 5 rings (SSSR count). The van der Waals surface area contributed by atoms with Crippen LogP contribution in [-0.2, 0) is 24.9 Å². The minimum Gasteiger partial charge on any atom is -0.477 e. The lowest BCUT2D eigenvalue weighted by Gasteiger charge is -2.52. The van der Waals surface area contributed by atoms with Crippen molar-refractivity contribution in [3.63, 3.8) is 0 Å². The van der Waals surface area contributed by atoms with Crippen molar-refractivity contribution in [1.29, 1.82) is 0 Å². The van der Waals surface area contributed by atoms with Gasteiger partial charge in [0.1, 0.15) is 5.42 Å². The quantitative estimate of drug-likeness (QED) is 0.0557. The van der Waals surface area contributed by atoms with Gasteiger partial charge in [-0.05, 0) is 71.1 Å². The van der Waals surface area contributed by atoms with Gasteiger partial charge in [0.05, 0.1) is 18.1 Å². The van der Waals surface area contributed by atoms with E-state index in [0.717, 1.165) is 27.9 Å². The van der Waals surface area contributed by atoms with Gasteiger partial charge in [0.2, 0.25) is 5.91 Å². The molecule has 1 heterocycles. The molecule has 10 heteroatoms. The number of carboxylic acids is 1. The van der Waals surface area contributed by atoms with Gasteiger partial charge in [-0.1, -0.05) is 157 Å². The van der Waals surface area contributed by atoms with E-state index in [-0.39, 0.29) is 33.6 Å². The average molecular weight is 824 g/mol. The molecule has 1 fully saturated rings. The molecule has 0 aliphatic carbocycles. The predicted molar refractivity (Wildman–Crippen MR) is 242 cm³/mol.